The summed E-state index contributed by atoms with van der Waals surface area (Å²) in [7, 11) is 0. The van der Waals surface area contributed by atoms with Crippen molar-refractivity contribution >= 4 is 5.84 Å². The summed E-state index contributed by atoms with van der Waals surface area (Å²) in [5.41, 5.74) is 7.15. The van der Waals surface area contributed by atoms with Crippen LogP contribution >= 0.6 is 0 Å². The largest absolute Gasteiger partial charge is 0.488 e. The fourth-order valence-electron chi connectivity index (χ4n) is 1.56. The lowest BCUT2D eigenvalue weighted by Crippen LogP contribution is -2.09. The highest BCUT2D eigenvalue weighted by Gasteiger charge is 2.08. The normalized spacial score (nSPS) is 10.0. The van der Waals surface area contributed by atoms with E-state index < -0.39 is 12.5 Å². The van der Waals surface area contributed by atoms with Crippen molar-refractivity contribution in [2.45, 2.75) is 27.2 Å². The van der Waals surface area contributed by atoms with Gasteiger partial charge in [0.2, 0.25) is 0 Å². The molecule has 0 atom stereocenters. The molecule has 0 aromatic heterocycles. The lowest BCUT2D eigenvalue weighted by molar-refractivity contribution is 0.262. The minimum Gasteiger partial charge on any atom is -0.488 e. The Hall–Kier alpha value is -2.17. The minimum atomic E-state index is -0.602. The van der Waals surface area contributed by atoms with E-state index in [9.17, 15) is 8.78 Å². The molecule has 0 unspecified atom stereocenters. The number of hydrogen-bond acceptors (Lipinski definition) is 2. The maximum atomic E-state index is 13.4. The van der Waals surface area contributed by atoms with Gasteiger partial charge < -0.3 is 10.5 Å². The van der Waals surface area contributed by atoms with Gasteiger partial charge in [0, 0.05) is 5.57 Å². The van der Waals surface area contributed by atoms with E-state index in [0.717, 1.165) is 12.0 Å². The van der Waals surface area contributed by atoms with Crippen LogP contribution in [0.3, 0.4) is 0 Å². The van der Waals surface area contributed by atoms with Crippen LogP contribution in [0, 0.1) is 18.2 Å². The fraction of sp³-hybridized carbons (Fsp3) is 0.353. The van der Waals surface area contributed by atoms with Crippen molar-refractivity contribution in [2.75, 3.05) is 13.3 Å². The maximum Gasteiger partial charge on any atom is 0.167 e. The van der Waals surface area contributed by atoms with Crippen LogP contribution in [0.25, 0.3) is 0 Å². The van der Waals surface area contributed by atoms with Gasteiger partial charge in [-0.05, 0) is 37.5 Å². The first-order chi connectivity index (χ1) is 10.4. The van der Waals surface area contributed by atoms with Crippen molar-refractivity contribution in [1.29, 1.82) is 5.41 Å². The van der Waals surface area contributed by atoms with Gasteiger partial charge in [0.05, 0.1) is 0 Å². The molecule has 0 aliphatic heterocycles. The topological polar surface area (TPSA) is 59.1 Å². The number of alkyl halides is 1. The lowest BCUT2D eigenvalue weighted by atomic mass is 10.1. The number of hydrogen-bond donors (Lipinski definition) is 2. The van der Waals surface area contributed by atoms with Crippen LogP contribution in [0.2, 0.25) is 0 Å². The van der Waals surface area contributed by atoms with E-state index in [4.69, 9.17) is 15.9 Å². The lowest BCUT2D eigenvalue weighted by Gasteiger charge is -2.09. The van der Waals surface area contributed by atoms with Gasteiger partial charge in [-0.2, -0.15) is 0 Å². The standard InChI is InChI=1S/C11H14F2O.C6H10N2/c1-3-9-6-8(2)11(13)10(7-9)14-5-4-12;1-3-4-5(2)6(7)8/h6-7H,3-5H2,1-2H3;3-4H,2H2,1H3,(H3,7,8)/b;4-3-. The number of ether oxygens (including phenoxy) is 1. The zero-order valence-corrected chi connectivity index (χ0v) is 13.4. The van der Waals surface area contributed by atoms with Crippen molar-refractivity contribution in [3.8, 4) is 5.75 Å². The van der Waals surface area contributed by atoms with Crippen molar-refractivity contribution in [3.63, 3.8) is 0 Å². The van der Waals surface area contributed by atoms with Gasteiger partial charge in [0.25, 0.3) is 0 Å². The molecule has 1 aromatic rings. The molecule has 0 radical (unpaired) electrons. The molecule has 122 valence electrons. The molecule has 0 aliphatic rings. The Labute approximate surface area is 131 Å². The number of aryl methyl sites for hydroxylation is 2. The first-order valence-corrected chi connectivity index (χ1v) is 7.01. The van der Waals surface area contributed by atoms with Crippen LogP contribution in [-0.4, -0.2) is 19.1 Å². The summed E-state index contributed by atoms with van der Waals surface area (Å²) in [5, 5.41) is 6.83. The highest BCUT2D eigenvalue weighted by atomic mass is 19.1. The average molecular weight is 310 g/mol. The molecule has 1 aromatic carbocycles. The number of halogens is 2. The molecule has 0 amide bonds. The highest BCUT2D eigenvalue weighted by Crippen LogP contribution is 2.22. The van der Waals surface area contributed by atoms with Gasteiger partial charge in [-0.15, -0.1) is 0 Å². The van der Waals surface area contributed by atoms with Gasteiger partial charge in [-0.3, -0.25) is 5.41 Å². The third-order valence-corrected chi connectivity index (χ3v) is 2.74. The monoisotopic (exact) mass is 310 g/mol. The molecule has 0 aliphatic carbocycles. The molecular weight excluding hydrogens is 286 g/mol. The molecule has 5 heteroatoms. The van der Waals surface area contributed by atoms with E-state index >= 15 is 0 Å². The minimum absolute atomic E-state index is 0.0306. The van der Waals surface area contributed by atoms with E-state index in [2.05, 4.69) is 6.58 Å². The first-order valence-electron chi connectivity index (χ1n) is 7.01. The summed E-state index contributed by atoms with van der Waals surface area (Å²) in [6, 6.07) is 3.40. The van der Waals surface area contributed by atoms with Crippen LogP contribution in [-0.2, 0) is 6.42 Å². The predicted octanol–water partition coefficient (Wildman–Crippen LogP) is 4.10. The molecular formula is C17H24F2N2O. The van der Waals surface area contributed by atoms with E-state index in [1.54, 1.807) is 31.2 Å². The van der Waals surface area contributed by atoms with Crippen LogP contribution in [0.15, 0.2) is 36.4 Å². The zero-order valence-electron chi connectivity index (χ0n) is 13.4. The van der Waals surface area contributed by atoms with Gasteiger partial charge in [0.1, 0.15) is 19.1 Å². The first kappa shape index (κ1) is 19.8. The second-order valence-corrected chi connectivity index (χ2v) is 4.55. The van der Waals surface area contributed by atoms with E-state index in [-0.39, 0.29) is 18.2 Å². The third kappa shape index (κ3) is 7.02. The summed E-state index contributed by atoms with van der Waals surface area (Å²) >= 11 is 0. The number of nitrogens with two attached hydrogens (primary N) is 1. The number of nitrogens with one attached hydrogen (secondary N) is 1. The van der Waals surface area contributed by atoms with Crippen LogP contribution in [0.4, 0.5) is 8.78 Å². The Morgan fingerprint density at radius 3 is 2.50 bits per heavy atom. The molecule has 0 bridgehead atoms. The summed E-state index contributed by atoms with van der Waals surface area (Å²) in [6.45, 7) is 8.32. The highest BCUT2D eigenvalue weighted by molar-refractivity contribution is 5.96. The second kappa shape index (κ2) is 10.5. The fourth-order valence-corrected chi connectivity index (χ4v) is 1.56. The molecule has 1 rings (SSSR count). The van der Waals surface area contributed by atoms with Gasteiger partial charge >= 0.3 is 0 Å². The Morgan fingerprint density at radius 1 is 1.45 bits per heavy atom. The van der Waals surface area contributed by atoms with Gasteiger partial charge in [0.15, 0.2) is 11.6 Å². The summed E-state index contributed by atoms with van der Waals surface area (Å²) in [4.78, 5) is 0. The van der Waals surface area contributed by atoms with Gasteiger partial charge in [-0.1, -0.05) is 31.7 Å². The number of rotatable bonds is 6. The smallest absolute Gasteiger partial charge is 0.167 e. The second-order valence-electron chi connectivity index (χ2n) is 4.55. The summed E-state index contributed by atoms with van der Waals surface area (Å²) < 4.78 is 30.2. The van der Waals surface area contributed by atoms with E-state index in [1.807, 2.05) is 13.8 Å². The quantitative estimate of drug-likeness (QED) is 0.472. The number of allylic oxidation sites excluding steroid dienone is 1. The Bertz CT molecular complexity index is 540. The van der Waals surface area contributed by atoms with Gasteiger partial charge in [-0.25, -0.2) is 8.78 Å². The Kier molecular flexibility index (Phi) is 9.50. The molecule has 22 heavy (non-hydrogen) atoms. The van der Waals surface area contributed by atoms with E-state index in [0.29, 0.717) is 11.1 Å². The molecule has 3 N–H and O–H groups in total. The molecule has 0 heterocycles. The average Bonchev–Trinajstić information content (AvgIpc) is 2.49. The van der Waals surface area contributed by atoms with Crippen LogP contribution in [0.5, 0.6) is 5.75 Å². The summed E-state index contributed by atoms with van der Waals surface area (Å²) in [5.74, 6) is -0.210. The third-order valence-electron chi connectivity index (χ3n) is 2.74. The van der Waals surface area contributed by atoms with Crippen molar-refractivity contribution in [2.24, 2.45) is 5.73 Å². The summed E-state index contributed by atoms with van der Waals surface area (Å²) in [6.07, 6.45) is 4.30. The van der Waals surface area contributed by atoms with Crippen LogP contribution in [0.1, 0.15) is 25.0 Å². The van der Waals surface area contributed by atoms with Crippen molar-refractivity contribution in [1.82, 2.24) is 0 Å². The molecule has 3 nitrogen and oxygen atoms in total. The zero-order chi connectivity index (χ0) is 17.1. The Balaban J connectivity index is 0.000000472. The molecule has 0 saturated carbocycles. The SMILES string of the molecule is C=C(/C=C\C)C(=N)N.CCc1cc(C)c(F)c(OCCF)c1. The molecule has 0 fully saturated rings. The predicted molar refractivity (Wildman–Crippen MR) is 87.9 cm³/mol. The molecule has 0 saturated heterocycles. The van der Waals surface area contributed by atoms with Crippen LogP contribution < -0.4 is 10.5 Å². The molecule has 0 spiro atoms. The maximum absolute atomic E-state index is 13.4. The number of benzene rings is 1. The van der Waals surface area contributed by atoms with E-state index in [1.165, 1.54) is 0 Å². The van der Waals surface area contributed by atoms with Crippen molar-refractivity contribution < 1.29 is 13.5 Å². The Morgan fingerprint density at radius 2 is 2.09 bits per heavy atom. The van der Waals surface area contributed by atoms with Crippen molar-refractivity contribution in [3.05, 3.63) is 53.4 Å². The number of amidine groups is 1.